The molecule has 1 aromatic carbocycles. The molecule has 1 aliphatic rings. The van der Waals surface area contributed by atoms with Gasteiger partial charge in [-0.25, -0.2) is 0 Å². The number of nitrogens with zero attached hydrogens (tertiary/aromatic N) is 2. The van der Waals surface area contributed by atoms with Crippen molar-refractivity contribution in [3.8, 4) is 6.07 Å². The molecule has 0 radical (unpaired) electrons. The third-order valence-electron chi connectivity index (χ3n) is 3.52. The number of anilines is 1. The zero-order chi connectivity index (χ0) is 13.8. The lowest BCUT2D eigenvalue weighted by Gasteiger charge is -2.33. The fraction of sp³-hybridized carbons (Fsp3) is 0.429. The molecular formula is C14H15BrN2O2. The lowest BCUT2D eigenvalue weighted by atomic mass is 9.93. The average Bonchev–Trinajstić information content (AvgIpc) is 2.39. The number of carboxylic acid groups (broad SMARTS) is 1. The molecule has 0 unspecified atom stereocenters. The first-order chi connectivity index (χ1) is 9.10. The number of halogens is 1. The summed E-state index contributed by atoms with van der Waals surface area (Å²) in [6.45, 7) is 1.74. The Hall–Kier alpha value is -1.54. The summed E-state index contributed by atoms with van der Waals surface area (Å²) in [6, 6.07) is 7.83. The molecule has 0 saturated carbocycles. The number of hydrogen-bond donors (Lipinski definition) is 1. The Morgan fingerprint density at radius 3 is 2.68 bits per heavy atom. The molecule has 1 fully saturated rings. The second-order valence-corrected chi connectivity index (χ2v) is 5.66. The predicted octanol–water partition coefficient (Wildman–Crippen LogP) is 3.01. The number of carbonyl (C=O) groups is 1. The third-order valence-corrected chi connectivity index (χ3v) is 4.17. The maximum absolute atomic E-state index is 10.7. The van der Waals surface area contributed by atoms with Gasteiger partial charge in [0.25, 0.3) is 0 Å². The minimum absolute atomic E-state index is 0.269. The average molecular weight is 323 g/mol. The first-order valence-electron chi connectivity index (χ1n) is 6.26. The second-order valence-electron chi connectivity index (χ2n) is 4.80. The van der Waals surface area contributed by atoms with Crippen LogP contribution in [0, 0.1) is 17.2 Å². The molecule has 1 aromatic rings. The lowest BCUT2D eigenvalue weighted by Crippen LogP contribution is -2.34. The molecule has 1 aliphatic heterocycles. The SMILES string of the molecule is N#Cc1ccc(N2CCC(CC(=O)O)CC2)cc1Br. The third kappa shape index (κ3) is 3.48. The second kappa shape index (κ2) is 6.07. The highest BCUT2D eigenvalue weighted by molar-refractivity contribution is 9.10. The Morgan fingerprint density at radius 2 is 2.16 bits per heavy atom. The minimum atomic E-state index is -0.709. The molecule has 0 atom stereocenters. The van der Waals surface area contributed by atoms with Crippen LogP contribution in [0.2, 0.25) is 0 Å². The van der Waals surface area contributed by atoms with E-state index in [4.69, 9.17) is 10.4 Å². The Labute approximate surface area is 120 Å². The smallest absolute Gasteiger partial charge is 0.303 e. The van der Waals surface area contributed by atoms with Gasteiger partial charge in [-0.15, -0.1) is 0 Å². The van der Waals surface area contributed by atoms with Gasteiger partial charge in [-0.05, 0) is 52.9 Å². The van der Waals surface area contributed by atoms with Crippen molar-refractivity contribution in [2.45, 2.75) is 19.3 Å². The Bertz CT molecular complexity index is 517. The Morgan fingerprint density at radius 1 is 1.47 bits per heavy atom. The van der Waals surface area contributed by atoms with Gasteiger partial charge in [-0.1, -0.05) is 0 Å². The zero-order valence-electron chi connectivity index (χ0n) is 10.5. The van der Waals surface area contributed by atoms with Crippen molar-refractivity contribution in [2.24, 2.45) is 5.92 Å². The quantitative estimate of drug-likeness (QED) is 0.929. The summed E-state index contributed by atoms with van der Waals surface area (Å²) in [6.07, 6.45) is 2.08. The first-order valence-corrected chi connectivity index (χ1v) is 7.06. The van der Waals surface area contributed by atoms with Crippen molar-refractivity contribution in [3.63, 3.8) is 0 Å². The van der Waals surface area contributed by atoms with Crippen LogP contribution < -0.4 is 4.90 Å². The predicted molar refractivity (Wildman–Crippen MR) is 76.0 cm³/mol. The van der Waals surface area contributed by atoms with Crippen molar-refractivity contribution < 1.29 is 9.90 Å². The maximum atomic E-state index is 10.7. The Balaban J connectivity index is 2.00. The zero-order valence-corrected chi connectivity index (χ0v) is 12.1. The van der Waals surface area contributed by atoms with Crippen LogP contribution in [0.5, 0.6) is 0 Å². The molecule has 0 spiro atoms. The summed E-state index contributed by atoms with van der Waals surface area (Å²) in [4.78, 5) is 12.9. The molecule has 0 amide bonds. The van der Waals surface area contributed by atoms with E-state index < -0.39 is 5.97 Å². The van der Waals surface area contributed by atoms with Gasteiger partial charge in [-0.2, -0.15) is 5.26 Å². The van der Waals surface area contributed by atoms with Crippen molar-refractivity contribution in [1.29, 1.82) is 5.26 Å². The van der Waals surface area contributed by atoms with Crippen LogP contribution in [-0.4, -0.2) is 24.2 Å². The summed E-state index contributed by atoms with van der Waals surface area (Å²) in [7, 11) is 0. The van der Waals surface area contributed by atoms with Crippen LogP contribution in [0.3, 0.4) is 0 Å². The van der Waals surface area contributed by atoms with Crippen LogP contribution in [-0.2, 0) is 4.79 Å². The van der Waals surface area contributed by atoms with Gasteiger partial charge >= 0.3 is 5.97 Å². The molecule has 19 heavy (non-hydrogen) atoms. The molecule has 0 aromatic heterocycles. The number of nitriles is 1. The van der Waals surface area contributed by atoms with E-state index in [0.29, 0.717) is 5.56 Å². The van der Waals surface area contributed by atoms with Gasteiger partial charge in [0.2, 0.25) is 0 Å². The molecule has 100 valence electrons. The largest absolute Gasteiger partial charge is 0.481 e. The monoisotopic (exact) mass is 322 g/mol. The Kier molecular flexibility index (Phi) is 4.43. The van der Waals surface area contributed by atoms with E-state index in [1.807, 2.05) is 18.2 Å². The maximum Gasteiger partial charge on any atom is 0.303 e. The van der Waals surface area contributed by atoms with Crippen molar-refractivity contribution in [2.75, 3.05) is 18.0 Å². The van der Waals surface area contributed by atoms with Gasteiger partial charge in [0.15, 0.2) is 0 Å². The fourth-order valence-corrected chi connectivity index (χ4v) is 2.89. The minimum Gasteiger partial charge on any atom is -0.481 e. The van der Waals surface area contributed by atoms with E-state index in [1.54, 1.807) is 0 Å². The first kappa shape index (κ1) is 13.9. The number of hydrogen-bond acceptors (Lipinski definition) is 3. The van der Waals surface area contributed by atoms with Gasteiger partial charge in [0.05, 0.1) is 5.56 Å². The molecule has 0 aliphatic carbocycles. The van der Waals surface area contributed by atoms with Crippen LogP contribution >= 0.6 is 15.9 Å². The summed E-state index contributed by atoms with van der Waals surface area (Å²) in [5.41, 5.74) is 1.71. The van der Waals surface area contributed by atoms with Crippen LogP contribution in [0.4, 0.5) is 5.69 Å². The van der Waals surface area contributed by atoms with Gasteiger partial charge in [-0.3, -0.25) is 4.79 Å². The number of benzene rings is 1. The van der Waals surface area contributed by atoms with E-state index in [1.165, 1.54) is 0 Å². The highest BCUT2D eigenvalue weighted by atomic mass is 79.9. The summed E-state index contributed by atoms with van der Waals surface area (Å²) in [5, 5.41) is 17.7. The van der Waals surface area contributed by atoms with Gasteiger partial charge in [0, 0.05) is 29.7 Å². The van der Waals surface area contributed by atoms with E-state index >= 15 is 0 Å². The van der Waals surface area contributed by atoms with Crippen LogP contribution in [0.15, 0.2) is 22.7 Å². The summed E-state index contributed by atoms with van der Waals surface area (Å²) >= 11 is 3.39. The van der Waals surface area contributed by atoms with Crippen molar-refractivity contribution in [3.05, 3.63) is 28.2 Å². The molecule has 1 N–H and O–H groups in total. The van der Waals surface area contributed by atoms with E-state index in [2.05, 4.69) is 26.9 Å². The number of carboxylic acids is 1. The van der Waals surface area contributed by atoms with E-state index in [0.717, 1.165) is 36.1 Å². The summed E-state index contributed by atoms with van der Waals surface area (Å²) in [5.74, 6) is -0.421. The topological polar surface area (TPSA) is 64.3 Å². The molecule has 5 heteroatoms. The van der Waals surface area contributed by atoms with E-state index in [9.17, 15) is 4.79 Å². The van der Waals surface area contributed by atoms with Crippen LogP contribution in [0.1, 0.15) is 24.8 Å². The normalized spacial score (nSPS) is 16.1. The van der Waals surface area contributed by atoms with Gasteiger partial charge < -0.3 is 10.0 Å². The molecule has 2 rings (SSSR count). The van der Waals surface area contributed by atoms with Crippen molar-refractivity contribution >= 4 is 27.6 Å². The fourth-order valence-electron chi connectivity index (χ4n) is 2.43. The lowest BCUT2D eigenvalue weighted by molar-refractivity contribution is -0.138. The molecule has 1 heterocycles. The number of rotatable bonds is 3. The molecule has 0 bridgehead atoms. The highest BCUT2D eigenvalue weighted by Gasteiger charge is 2.21. The molecular weight excluding hydrogens is 308 g/mol. The van der Waals surface area contributed by atoms with Gasteiger partial charge in [0.1, 0.15) is 6.07 Å². The van der Waals surface area contributed by atoms with E-state index in [-0.39, 0.29) is 12.3 Å². The molecule has 4 nitrogen and oxygen atoms in total. The standard InChI is InChI=1S/C14H15BrN2O2/c15-13-8-12(2-1-11(13)9-16)17-5-3-10(4-6-17)7-14(18)19/h1-2,8,10H,3-7H2,(H,18,19). The molecule has 1 saturated heterocycles. The highest BCUT2D eigenvalue weighted by Crippen LogP contribution is 2.28. The van der Waals surface area contributed by atoms with Crippen LogP contribution in [0.25, 0.3) is 0 Å². The summed E-state index contributed by atoms with van der Waals surface area (Å²) < 4.78 is 0.806. The number of aliphatic carboxylic acids is 1. The van der Waals surface area contributed by atoms with Crippen molar-refractivity contribution in [1.82, 2.24) is 0 Å². The number of piperidine rings is 1.